The lowest BCUT2D eigenvalue weighted by molar-refractivity contribution is -0.384. The van der Waals surface area contributed by atoms with Gasteiger partial charge in [-0.15, -0.1) is 0 Å². The fourth-order valence-electron chi connectivity index (χ4n) is 2.90. The van der Waals surface area contributed by atoms with Gasteiger partial charge in [0.2, 0.25) is 0 Å². The van der Waals surface area contributed by atoms with E-state index in [-0.39, 0.29) is 11.5 Å². The number of ketones is 1. The second-order valence-corrected chi connectivity index (χ2v) is 6.42. The highest BCUT2D eigenvalue weighted by molar-refractivity contribution is 9.10. The second-order valence-electron chi connectivity index (χ2n) is 5.57. The molecule has 0 amide bonds. The van der Waals surface area contributed by atoms with Crippen LogP contribution in [0.2, 0.25) is 0 Å². The lowest BCUT2D eigenvalue weighted by atomic mass is 9.99. The van der Waals surface area contributed by atoms with Gasteiger partial charge in [0.25, 0.3) is 5.69 Å². The second kappa shape index (κ2) is 6.12. The average molecular weight is 375 g/mol. The molecule has 0 bridgehead atoms. The van der Waals surface area contributed by atoms with Crippen LogP contribution in [-0.2, 0) is 13.0 Å². The van der Waals surface area contributed by atoms with Crippen molar-refractivity contribution in [2.75, 3.05) is 11.4 Å². The molecule has 6 heteroatoms. The Morgan fingerprint density at radius 1 is 1.30 bits per heavy atom. The Morgan fingerprint density at radius 3 is 2.78 bits per heavy atom. The molecule has 2 aromatic carbocycles. The van der Waals surface area contributed by atoms with Crippen LogP contribution in [0.5, 0.6) is 0 Å². The Morgan fingerprint density at radius 2 is 2.09 bits per heavy atom. The SMILES string of the molecule is CC(=O)c1ccc(N2CCc3cccc(Br)c3C2)c([N+](=O)[O-])c1. The summed E-state index contributed by atoms with van der Waals surface area (Å²) in [6.07, 6.45) is 0.834. The van der Waals surface area contributed by atoms with E-state index in [9.17, 15) is 14.9 Å². The highest BCUT2D eigenvalue weighted by Gasteiger charge is 2.25. The third-order valence-corrected chi connectivity index (χ3v) is 4.88. The van der Waals surface area contributed by atoms with Crippen LogP contribution in [0.1, 0.15) is 28.4 Å². The van der Waals surface area contributed by atoms with Crippen molar-refractivity contribution in [3.05, 3.63) is 67.7 Å². The molecule has 0 saturated heterocycles. The molecule has 0 spiro atoms. The first-order valence-electron chi connectivity index (χ1n) is 7.28. The fraction of sp³-hybridized carbons (Fsp3) is 0.235. The number of benzene rings is 2. The number of hydrogen-bond donors (Lipinski definition) is 0. The van der Waals surface area contributed by atoms with Gasteiger partial charge in [0.1, 0.15) is 5.69 Å². The van der Waals surface area contributed by atoms with E-state index in [1.807, 2.05) is 17.0 Å². The van der Waals surface area contributed by atoms with Crippen LogP contribution >= 0.6 is 15.9 Å². The third kappa shape index (κ3) is 2.99. The highest BCUT2D eigenvalue weighted by atomic mass is 79.9. The number of nitro groups is 1. The van der Waals surface area contributed by atoms with Crippen LogP contribution in [0.3, 0.4) is 0 Å². The minimum absolute atomic E-state index is 0.0202. The van der Waals surface area contributed by atoms with Crippen LogP contribution in [-0.4, -0.2) is 17.3 Å². The monoisotopic (exact) mass is 374 g/mol. The Hall–Kier alpha value is -2.21. The topological polar surface area (TPSA) is 63.5 Å². The number of nitro benzene ring substituents is 1. The normalized spacial score (nSPS) is 13.6. The molecule has 2 aromatic rings. The predicted octanol–water partition coefficient (Wildman–Crippen LogP) is 4.12. The zero-order valence-corrected chi connectivity index (χ0v) is 14.2. The van der Waals surface area contributed by atoms with Crippen molar-refractivity contribution in [3.8, 4) is 0 Å². The lowest BCUT2D eigenvalue weighted by Gasteiger charge is -2.31. The molecule has 0 radical (unpaired) electrons. The van der Waals surface area contributed by atoms with Crippen molar-refractivity contribution < 1.29 is 9.72 Å². The first-order chi connectivity index (χ1) is 11.0. The molecule has 0 saturated carbocycles. The van der Waals surface area contributed by atoms with Gasteiger partial charge in [-0.1, -0.05) is 28.1 Å². The summed E-state index contributed by atoms with van der Waals surface area (Å²) in [4.78, 5) is 24.5. The van der Waals surface area contributed by atoms with Gasteiger partial charge in [0.05, 0.1) is 4.92 Å². The molecule has 0 N–H and O–H groups in total. The van der Waals surface area contributed by atoms with Crippen molar-refractivity contribution in [2.45, 2.75) is 19.9 Å². The van der Waals surface area contributed by atoms with E-state index in [4.69, 9.17) is 0 Å². The number of anilines is 1. The van der Waals surface area contributed by atoms with Gasteiger partial charge in [-0.2, -0.15) is 0 Å². The number of halogens is 1. The number of rotatable bonds is 3. The van der Waals surface area contributed by atoms with E-state index >= 15 is 0 Å². The Labute approximate surface area is 142 Å². The van der Waals surface area contributed by atoms with E-state index in [2.05, 4.69) is 22.0 Å². The zero-order valence-electron chi connectivity index (χ0n) is 12.6. The molecular formula is C17H15BrN2O3. The van der Waals surface area contributed by atoms with Crippen LogP contribution < -0.4 is 4.90 Å². The van der Waals surface area contributed by atoms with Crippen molar-refractivity contribution in [1.29, 1.82) is 0 Å². The van der Waals surface area contributed by atoms with Gasteiger partial charge in [-0.05, 0) is 42.7 Å². The lowest BCUT2D eigenvalue weighted by Crippen LogP contribution is -2.31. The van der Waals surface area contributed by atoms with E-state index in [1.165, 1.54) is 18.6 Å². The van der Waals surface area contributed by atoms with Gasteiger partial charge in [-0.25, -0.2) is 0 Å². The molecule has 0 fully saturated rings. The van der Waals surface area contributed by atoms with E-state index in [1.54, 1.807) is 12.1 Å². The van der Waals surface area contributed by atoms with Crippen LogP contribution in [0.15, 0.2) is 40.9 Å². The minimum Gasteiger partial charge on any atom is -0.361 e. The van der Waals surface area contributed by atoms with Gasteiger partial charge in [0, 0.05) is 29.2 Å². The summed E-state index contributed by atoms with van der Waals surface area (Å²) in [6, 6.07) is 10.8. The third-order valence-electron chi connectivity index (χ3n) is 4.14. The first kappa shape index (κ1) is 15.7. The minimum atomic E-state index is -0.419. The molecule has 1 aliphatic rings. The molecule has 5 nitrogen and oxygen atoms in total. The van der Waals surface area contributed by atoms with Crippen molar-refractivity contribution in [3.63, 3.8) is 0 Å². The van der Waals surface area contributed by atoms with Gasteiger partial charge in [-0.3, -0.25) is 14.9 Å². The quantitative estimate of drug-likeness (QED) is 0.460. The summed E-state index contributed by atoms with van der Waals surface area (Å²) in [5.74, 6) is -0.175. The fourth-order valence-corrected chi connectivity index (χ4v) is 3.43. The molecule has 1 aliphatic heterocycles. The summed E-state index contributed by atoms with van der Waals surface area (Å²) >= 11 is 3.55. The van der Waals surface area contributed by atoms with Crippen molar-refractivity contribution in [2.24, 2.45) is 0 Å². The molecule has 118 valence electrons. The van der Waals surface area contributed by atoms with E-state index in [0.717, 1.165) is 16.5 Å². The maximum Gasteiger partial charge on any atom is 0.293 e. The molecule has 0 aromatic heterocycles. The largest absolute Gasteiger partial charge is 0.361 e. The van der Waals surface area contributed by atoms with Gasteiger partial charge < -0.3 is 4.90 Å². The van der Waals surface area contributed by atoms with Crippen LogP contribution in [0, 0.1) is 10.1 Å². The standard InChI is InChI=1S/C17H15BrN2O3/c1-11(21)13-5-6-16(17(9-13)20(22)23)19-8-7-12-3-2-4-15(18)14(12)10-19/h2-6,9H,7-8,10H2,1H3. The summed E-state index contributed by atoms with van der Waals surface area (Å²) in [5, 5.41) is 11.4. The highest BCUT2D eigenvalue weighted by Crippen LogP contribution is 2.35. The maximum atomic E-state index is 11.5. The number of fused-ring (bicyclic) bond motifs is 1. The molecule has 0 unspecified atom stereocenters. The number of carbonyl (C=O) groups excluding carboxylic acids is 1. The summed E-state index contributed by atoms with van der Waals surface area (Å²) < 4.78 is 1.02. The zero-order chi connectivity index (χ0) is 16.6. The van der Waals surface area contributed by atoms with Crippen LogP contribution in [0.25, 0.3) is 0 Å². The average Bonchev–Trinajstić information content (AvgIpc) is 2.54. The van der Waals surface area contributed by atoms with Gasteiger partial charge >= 0.3 is 0 Å². The molecule has 3 rings (SSSR count). The van der Waals surface area contributed by atoms with Gasteiger partial charge in [0.15, 0.2) is 5.78 Å². The smallest absolute Gasteiger partial charge is 0.293 e. The van der Waals surface area contributed by atoms with E-state index in [0.29, 0.717) is 24.3 Å². The van der Waals surface area contributed by atoms with E-state index < -0.39 is 4.92 Å². The summed E-state index contributed by atoms with van der Waals surface area (Å²) in [7, 11) is 0. The molecular weight excluding hydrogens is 360 g/mol. The number of carbonyl (C=O) groups is 1. The number of nitrogens with zero attached hydrogens (tertiary/aromatic N) is 2. The number of Topliss-reactive ketones (excluding diaryl/α,β-unsaturated/α-hetero) is 1. The van der Waals surface area contributed by atoms with Crippen LogP contribution in [0.4, 0.5) is 11.4 Å². The van der Waals surface area contributed by atoms with Crippen molar-refractivity contribution >= 4 is 33.1 Å². The maximum absolute atomic E-state index is 11.5. The first-order valence-corrected chi connectivity index (χ1v) is 8.07. The number of hydrogen-bond acceptors (Lipinski definition) is 4. The van der Waals surface area contributed by atoms with Crippen molar-refractivity contribution in [1.82, 2.24) is 0 Å². The molecule has 1 heterocycles. The molecule has 23 heavy (non-hydrogen) atoms. The summed E-state index contributed by atoms with van der Waals surface area (Å²) in [6.45, 7) is 2.73. The molecule has 0 atom stereocenters. The predicted molar refractivity (Wildman–Crippen MR) is 92.0 cm³/mol. The Kier molecular flexibility index (Phi) is 4.17. The molecule has 0 aliphatic carbocycles. The Bertz CT molecular complexity index is 804. The Balaban J connectivity index is 2.01. The summed E-state index contributed by atoms with van der Waals surface area (Å²) in [5.41, 5.74) is 3.32.